The minimum atomic E-state index is -4.78. The van der Waals surface area contributed by atoms with E-state index in [1.54, 1.807) is 6.07 Å². The van der Waals surface area contributed by atoms with E-state index in [9.17, 15) is 23.3 Å². The number of rotatable bonds is 4. The van der Waals surface area contributed by atoms with Crippen molar-refractivity contribution in [3.63, 3.8) is 0 Å². The summed E-state index contributed by atoms with van der Waals surface area (Å²) in [5.41, 5.74) is -0.234. The van der Waals surface area contributed by atoms with Crippen LogP contribution < -0.4 is 9.47 Å². The van der Waals surface area contributed by atoms with E-state index in [-0.39, 0.29) is 17.2 Å². The first-order chi connectivity index (χ1) is 10.2. The average Bonchev–Trinajstić information content (AvgIpc) is 2.41. The van der Waals surface area contributed by atoms with Gasteiger partial charge in [-0.15, -0.1) is 13.2 Å². The van der Waals surface area contributed by atoms with E-state index < -0.39 is 17.0 Å². The summed E-state index contributed by atoms with van der Waals surface area (Å²) in [4.78, 5) is 10.4. The van der Waals surface area contributed by atoms with Gasteiger partial charge in [0, 0.05) is 9.64 Å². The number of hydrogen-bond donors (Lipinski definition) is 0. The lowest BCUT2D eigenvalue weighted by Crippen LogP contribution is -2.16. The number of nitro groups is 1. The molecule has 0 aliphatic rings. The number of nitro benzene ring substituents is 1. The Kier molecular flexibility index (Phi) is 4.74. The molecular formula is C13H7F3INO4. The standard InChI is InChI=1S/C13H7F3INO4/c14-13(15,16)22-10-4-2-9(3-5-10)21-12-6-1-8(17)7-11(12)18(19)20/h1-7H. The minimum Gasteiger partial charge on any atom is -0.450 e. The highest BCUT2D eigenvalue weighted by Gasteiger charge is 2.31. The topological polar surface area (TPSA) is 61.6 Å². The summed E-state index contributed by atoms with van der Waals surface area (Å²) in [6, 6.07) is 8.93. The van der Waals surface area contributed by atoms with Gasteiger partial charge >= 0.3 is 12.0 Å². The maximum atomic E-state index is 12.0. The molecule has 0 aromatic heterocycles. The van der Waals surface area contributed by atoms with E-state index in [1.165, 1.54) is 24.3 Å². The maximum absolute atomic E-state index is 12.0. The molecule has 116 valence electrons. The van der Waals surface area contributed by atoms with Crippen LogP contribution >= 0.6 is 22.6 Å². The number of ether oxygens (including phenoxy) is 2. The molecule has 0 amide bonds. The Labute approximate surface area is 135 Å². The Morgan fingerprint density at radius 3 is 2.18 bits per heavy atom. The molecule has 2 aromatic carbocycles. The lowest BCUT2D eigenvalue weighted by atomic mass is 10.3. The van der Waals surface area contributed by atoms with Crippen molar-refractivity contribution in [1.29, 1.82) is 0 Å². The van der Waals surface area contributed by atoms with Crippen LogP contribution in [-0.2, 0) is 0 Å². The smallest absolute Gasteiger partial charge is 0.450 e. The van der Waals surface area contributed by atoms with Crippen molar-refractivity contribution >= 4 is 28.3 Å². The van der Waals surface area contributed by atoms with Gasteiger partial charge in [0.15, 0.2) is 0 Å². The molecule has 0 heterocycles. The summed E-state index contributed by atoms with van der Waals surface area (Å²) in [6.45, 7) is 0. The first-order valence-corrected chi connectivity index (χ1v) is 6.80. The van der Waals surface area contributed by atoms with Crippen LogP contribution in [0.2, 0.25) is 0 Å². The highest BCUT2D eigenvalue weighted by Crippen LogP contribution is 2.33. The van der Waals surface area contributed by atoms with Gasteiger partial charge in [-0.3, -0.25) is 10.1 Å². The predicted octanol–water partition coefficient (Wildman–Crippen LogP) is 4.89. The van der Waals surface area contributed by atoms with Crippen molar-refractivity contribution in [1.82, 2.24) is 0 Å². The maximum Gasteiger partial charge on any atom is 0.573 e. The normalized spacial score (nSPS) is 11.1. The average molecular weight is 425 g/mol. The van der Waals surface area contributed by atoms with Crippen LogP contribution in [0.1, 0.15) is 0 Å². The van der Waals surface area contributed by atoms with Crippen LogP contribution in [0.15, 0.2) is 42.5 Å². The molecule has 9 heteroatoms. The van der Waals surface area contributed by atoms with E-state index in [0.717, 1.165) is 12.1 Å². The Morgan fingerprint density at radius 2 is 1.64 bits per heavy atom. The molecule has 0 aliphatic heterocycles. The molecule has 0 bridgehead atoms. The third kappa shape index (κ3) is 4.48. The van der Waals surface area contributed by atoms with E-state index in [1.807, 2.05) is 22.6 Å². The molecule has 0 fully saturated rings. The second-order valence-electron chi connectivity index (χ2n) is 3.99. The summed E-state index contributed by atoms with van der Waals surface area (Å²) in [5, 5.41) is 11.0. The lowest BCUT2D eigenvalue weighted by Gasteiger charge is -2.10. The van der Waals surface area contributed by atoms with Gasteiger partial charge in [-0.05, 0) is 59.0 Å². The van der Waals surface area contributed by atoms with E-state index in [4.69, 9.17) is 4.74 Å². The third-order valence-electron chi connectivity index (χ3n) is 2.40. The van der Waals surface area contributed by atoms with Crippen molar-refractivity contribution < 1.29 is 27.6 Å². The van der Waals surface area contributed by atoms with Gasteiger partial charge in [-0.25, -0.2) is 0 Å². The highest BCUT2D eigenvalue weighted by atomic mass is 127. The highest BCUT2D eigenvalue weighted by molar-refractivity contribution is 14.1. The largest absolute Gasteiger partial charge is 0.573 e. The Morgan fingerprint density at radius 1 is 1.05 bits per heavy atom. The zero-order chi connectivity index (χ0) is 16.3. The molecule has 22 heavy (non-hydrogen) atoms. The van der Waals surface area contributed by atoms with Crippen LogP contribution in [0.3, 0.4) is 0 Å². The summed E-state index contributed by atoms with van der Waals surface area (Å²) < 4.78 is 45.8. The van der Waals surface area contributed by atoms with Gasteiger partial charge in [-0.1, -0.05) is 0 Å². The zero-order valence-corrected chi connectivity index (χ0v) is 12.8. The van der Waals surface area contributed by atoms with E-state index >= 15 is 0 Å². The quantitative estimate of drug-likeness (QED) is 0.398. The van der Waals surface area contributed by atoms with Gasteiger partial charge in [0.25, 0.3) is 0 Å². The van der Waals surface area contributed by atoms with Crippen LogP contribution in [0, 0.1) is 13.7 Å². The molecule has 0 aliphatic carbocycles. The molecule has 0 atom stereocenters. The van der Waals surface area contributed by atoms with Crippen molar-refractivity contribution in [2.24, 2.45) is 0 Å². The lowest BCUT2D eigenvalue weighted by molar-refractivity contribution is -0.385. The van der Waals surface area contributed by atoms with Gasteiger partial charge in [0.1, 0.15) is 11.5 Å². The first kappa shape index (κ1) is 16.3. The molecule has 2 rings (SSSR count). The summed E-state index contributed by atoms with van der Waals surface area (Å²) in [7, 11) is 0. The summed E-state index contributed by atoms with van der Waals surface area (Å²) >= 11 is 1.92. The second kappa shape index (κ2) is 6.38. The number of hydrogen-bond acceptors (Lipinski definition) is 4. The van der Waals surface area contributed by atoms with Crippen LogP contribution in [0.4, 0.5) is 18.9 Å². The van der Waals surface area contributed by atoms with E-state index in [0.29, 0.717) is 3.57 Å². The van der Waals surface area contributed by atoms with Crippen molar-refractivity contribution in [3.8, 4) is 17.2 Å². The molecule has 5 nitrogen and oxygen atoms in total. The number of halogens is 4. The molecule has 2 aromatic rings. The van der Waals surface area contributed by atoms with E-state index in [2.05, 4.69) is 4.74 Å². The van der Waals surface area contributed by atoms with Crippen LogP contribution in [-0.4, -0.2) is 11.3 Å². The molecule has 0 saturated carbocycles. The molecular weight excluding hydrogens is 418 g/mol. The van der Waals surface area contributed by atoms with Gasteiger partial charge in [-0.2, -0.15) is 0 Å². The predicted molar refractivity (Wildman–Crippen MR) is 79.0 cm³/mol. The molecule has 0 saturated heterocycles. The summed E-state index contributed by atoms with van der Waals surface area (Å²) in [5.74, 6) is -0.259. The van der Waals surface area contributed by atoms with Crippen LogP contribution in [0.25, 0.3) is 0 Å². The Bertz CT molecular complexity index is 689. The number of nitrogens with zero attached hydrogens (tertiary/aromatic N) is 1. The molecule has 0 unspecified atom stereocenters. The monoisotopic (exact) mass is 425 g/mol. The molecule has 0 N–H and O–H groups in total. The summed E-state index contributed by atoms with van der Waals surface area (Å²) in [6.07, 6.45) is -4.78. The third-order valence-corrected chi connectivity index (χ3v) is 3.07. The minimum absolute atomic E-state index is 0.00472. The van der Waals surface area contributed by atoms with Gasteiger partial charge in [0.2, 0.25) is 5.75 Å². The number of alkyl halides is 3. The zero-order valence-electron chi connectivity index (χ0n) is 10.6. The SMILES string of the molecule is O=[N+]([O-])c1cc(I)ccc1Oc1ccc(OC(F)(F)F)cc1. The second-order valence-corrected chi connectivity index (χ2v) is 5.24. The number of benzene rings is 2. The fourth-order valence-electron chi connectivity index (χ4n) is 1.56. The van der Waals surface area contributed by atoms with Gasteiger partial charge < -0.3 is 9.47 Å². The molecule has 0 spiro atoms. The van der Waals surface area contributed by atoms with Gasteiger partial charge in [0.05, 0.1) is 4.92 Å². The van der Waals surface area contributed by atoms with Crippen molar-refractivity contribution in [3.05, 3.63) is 56.1 Å². The first-order valence-electron chi connectivity index (χ1n) is 5.72. The molecule has 0 radical (unpaired) electrons. The Balaban J connectivity index is 2.20. The fourth-order valence-corrected chi connectivity index (χ4v) is 2.03. The van der Waals surface area contributed by atoms with Crippen molar-refractivity contribution in [2.75, 3.05) is 0 Å². The van der Waals surface area contributed by atoms with Crippen molar-refractivity contribution in [2.45, 2.75) is 6.36 Å². The van der Waals surface area contributed by atoms with Crippen LogP contribution in [0.5, 0.6) is 17.2 Å². The fraction of sp³-hybridized carbons (Fsp3) is 0.0769. The Hall–Kier alpha value is -2.04.